The van der Waals surface area contributed by atoms with Gasteiger partial charge in [-0.3, -0.25) is 0 Å². The first kappa shape index (κ1) is 13.1. The molecule has 1 aromatic heterocycles. The number of aryl methyl sites for hydroxylation is 1. The number of nitrogen functional groups attached to an aromatic ring is 1. The predicted octanol–water partition coefficient (Wildman–Crippen LogP) is 3.32. The summed E-state index contributed by atoms with van der Waals surface area (Å²) in [5.74, 6) is 0.372. The summed E-state index contributed by atoms with van der Waals surface area (Å²) in [4.78, 5) is 4.33. The highest BCUT2D eigenvalue weighted by Gasteiger charge is 2.05. The van der Waals surface area contributed by atoms with Crippen LogP contribution in [0, 0.1) is 6.92 Å². The van der Waals surface area contributed by atoms with Crippen molar-refractivity contribution in [2.75, 3.05) is 5.73 Å². The van der Waals surface area contributed by atoms with Gasteiger partial charge in [-0.05, 0) is 12.5 Å². The second-order valence-corrected chi connectivity index (χ2v) is 4.85. The summed E-state index contributed by atoms with van der Waals surface area (Å²) in [5.41, 5.74) is 9.99. The first-order chi connectivity index (χ1) is 10.2. The lowest BCUT2D eigenvalue weighted by Gasteiger charge is -1.96. The standard InChI is InChI=1S/C17H16N4/c1-13-7-9-14(10-8-13)11-19-21-12-16(20-17(21)18)15-5-3-2-4-6-15/h2-12H,1H3,(H2,18,20)/b19-11+. The van der Waals surface area contributed by atoms with E-state index in [1.165, 1.54) is 5.56 Å². The summed E-state index contributed by atoms with van der Waals surface area (Å²) in [6.45, 7) is 2.06. The van der Waals surface area contributed by atoms with Crippen LogP contribution in [-0.4, -0.2) is 15.9 Å². The zero-order valence-corrected chi connectivity index (χ0v) is 11.8. The molecule has 0 aliphatic carbocycles. The normalized spacial score (nSPS) is 11.1. The molecule has 21 heavy (non-hydrogen) atoms. The van der Waals surface area contributed by atoms with Gasteiger partial charge in [0.05, 0.1) is 18.1 Å². The minimum Gasteiger partial charge on any atom is -0.368 e. The Hall–Kier alpha value is -2.88. The van der Waals surface area contributed by atoms with E-state index in [2.05, 4.69) is 17.0 Å². The van der Waals surface area contributed by atoms with Crippen LogP contribution in [0.15, 0.2) is 65.9 Å². The summed E-state index contributed by atoms with van der Waals surface area (Å²) in [6, 6.07) is 18.0. The molecule has 3 rings (SSSR count). The zero-order chi connectivity index (χ0) is 14.7. The lowest BCUT2D eigenvalue weighted by Crippen LogP contribution is -1.96. The van der Waals surface area contributed by atoms with Crippen molar-refractivity contribution in [2.24, 2.45) is 5.10 Å². The molecule has 3 aromatic rings. The van der Waals surface area contributed by atoms with Gasteiger partial charge in [0.2, 0.25) is 5.95 Å². The second-order valence-electron chi connectivity index (χ2n) is 4.85. The van der Waals surface area contributed by atoms with Crippen LogP contribution in [0.3, 0.4) is 0 Å². The Bertz CT molecular complexity index is 755. The molecule has 2 aromatic carbocycles. The maximum absolute atomic E-state index is 5.91. The van der Waals surface area contributed by atoms with Crippen molar-refractivity contribution in [1.82, 2.24) is 9.66 Å². The van der Waals surface area contributed by atoms with Crippen molar-refractivity contribution in [3.63, 3.8) is 0 Å². The number of rotatable bonds is 3. The van der Waals surface area contributed by atoms with E-state index in [4.69, 9.17) is 5.73 Å². The maximum Gasteiger partial charge on any atom is 0.221 e. The Kier molecular flexibility index (Phi) is 3.51. The summed E-state index contributed by atoms with van der Waals surface area (Å²) in [6.07, 6.45) is 3.60. The average Bonchev–Trinajstić information content (AvgIpc) is 2.89. The molecule has 4 heteroatoms. The quantitative estimate of drug-likeness (QED) is 0.746. The molecule has 0 saturated heterocycles. The predicted molar refractivity (Wildman–Crippen MR) is 86.2 cm³/mol. The van der Waals surface area contributed by atoms with Gasteiger partial charge in [-0.15, -0.1) is 0 Å². The van der Waals surface area contributed by atoms with Crippen LogP contribution < -0.4 is 5.73 Å². The van der Waals surface area contributed by atoms with Crippen LogP contribution in [0.25, 0.3) is 11.3 Å². The van der Waals surface area contributed by atoms with Crippen LogP contribution in [0.5, 0.6) is 0 Å². The highest BCUT2D eigenvalue weighted by Crippen LogP contribution is 2.19. The van der Waals surface area contributed by atoms with Gasteiger partial charge < -0.3 is 5.73 Å². The van der Waals surface area contributed by atoms with E-state index < -0.39 is 0 Å². The van der Waals surface area contributed by atoms with Gasteiger partial charge >= 0.3 is 0 Å². The van der Waals surface area contributed by atoms with E-state index in [1.54, 1.807) is 10.9 Å². The number of hydrogen-bond donors (Lipinski definition) is 1. The number of benzene rings is 2. The molecule has 0 aliphatic heterocycles. The molecule has 2 N–H and O–H groups in total. The molecule has 4 nitrogen and oxygen atoms in total. The van der Waals surface area contributed by atoms with E-state index in [0.717, 1.165) is 16.8 Å². The van der Waals surface area contributed by atoms with Crippen molar-refractivity contribution < 1.29 is 0 Å². The van der Waals surface area contributed by atoms with Crippen LogP contribution in [0.2, 0.25) is 0 Å². The van der Waals surface area contributed by atoms with E-state index in [1.807, 2.05) is 60.8 Å². The molecule has 0 bridgehead atoms. The molecule has 0 radical (unpaired) electrons. The minimum absolute atomic E-state index is 0.372. The van der Waals surface area contributed by atoms with Gasteiger partial charge in [0.1, 0.15) is 0 Å². The number of aromatic nitrogens is 2. The van der Waals surface area contributed by atoms with Crippen molar-refractivity contribution in [3.8, 4) is 11.3 Å². The smallest absolute Gasteiger partial charge is 0.221 e. The van der Waals surface area contributed by atoms with Crippen LogP contribution in [-0.2, 0) is 0 Å². The van der Waals surface area contributed by atoms with Crippen LogP contribution >= 0.6 is 0 Å². The Morgan fingerprint density at radius 1 is 1.05 bits per heavy atom. The largest absolute Gasteiger partial charge is 0.368 e. The second kappa shape index (κ2) is 5.63. The summed E-state index contributed by atoms with van der Waals surface area (Å²) >= 11 is 0. The van der Waals surface area contributed by atoms with Gasteiger partial charge in [0.25, 0.3) is 0 Å². The highest BCUT2D eigenvalue weighted by atomic mass is 15.4. The van der Waals surface area contributed by atoms with E-state index in [0.29, 0.717) is 5.95 Å². The van der Waals surface area contributed by atoms with Gasteiger partial charge in [-0.2, -0.15) is 5.10 Å². The molecule has 0 unspecified atom stereocenters. The van der Waals surface area contributed by atoms with Gasteiger partial charge in [0, 0.05) is 5.56 Å². The summed E-state index contributed by atoms with van der Waals surface area (Å²) in [7, 11) is 0. The van der Waals surface area contributed by atoms with Gasteiger partial charge in [-0.25, -0.2) is 9.66 Å². The van der Waals surface area contributed by atoms with Crippen molar-refractivity contribution in [3.05, 3.63) is 71.9 Å². The molecule has 104 valence electrons. The van der Waals surface area contributed by atoms with Gasteiger partial charge in [-0.1, -0.05) is 60.2 Å². The zero-order valence-electron chi connectivity index (χ0n) is 11.8. The first-order valence-corrected chi connectivity index (χ1v) is 6.74. The molecule has 0 saturated carbocycles. The lowest BCUT2D eigenvalue weighted by molar-refractivity contribution is 0.898. The van der Waals surface area contributed by atoms with E-state index in [-0.39, 0.29) is 0 Å². The van der Waals surface area contributed by atoms with Crippen LogP contribution in [0.1, 0.15) is 11.1 Å². The third-order valence-electron chi connectivity index (χ3n) is 3.19. The Balaban J connectivity index is 1.86. The summed E-state index contributed by atoms with van der Waals surface area (Å²) in [5, 5.41) is 4.36. The molecule has 0 spiro atoms. The molecule has 0 atom stereocenters. The monoisotopic (exact) mass is 276 g/mol. The molecule has 0 amide bonds. The van der Waals surface area contributed by atoms with E-state index in [9.17, 15) is 0 Å². The number of hydrogen-bond acceptors (Lipinski definition) is 3. The fourth-order valence-electron chi connectivity index (χ4n) is 2.01. The minimum atomic E-state index is 0.372. The Morgan fingerprint density at radius 2 is 1.76 bits per heavy atom. The number of nitrogens with zero attached hydrogens (tertiary/aromatic N) is 3. The van der Waals surface area contributed by atoms with Crippen molar-refractivity contribution in [1.29, 1.82) is 0 Å². The lowest BCUT2D eigenvalue weighted by atomic mass is 10.2. The number of imidazole rings is 1. The van der Waals surface area contributed by atoms with Crippen molar-refractivity contribution >= 4 is 12.2 Å². The molecule has 0 aliphatic rings. The van der Waals surface area contributed by atoms with Crippen molar-refractivity contribution in [2.45, 2.75) is 6.92 Å². The molecular formula is C17H16N4. The maximum atomic E-state index is 5.91. The Morgan fingerprint density at radius 3 is 2.48 bits per heavy atom. The number of nitrogens with two attached hydrogens (primary N) is 1. The highest BCUT2D eigenvalue weighted by molar-refractivity contribution is 5.79. The third-order valence-corrected chi connectivity index (χ3v) is 3.19. The topological polar surface area (TPSA) is 56.2 Å². The number of anilines is 1. The fourth-order valence-corrected chi connectivity index (χ4v) is 2.01. The summed E-state index contributed by atoms with van der Waals surface area (Å²) < 4.78 is 1.59. The van der Waals surface area contributed by atoms with Gasteiger partial charge in [0.15, 0.2) is 0 Å². The molecule has 0 fully saturated rings. The van der Waals surface area contributed by atoms with Crippen LogP contribution in [0.4, 0.5) is 5.95 Å². The Labute approximate surface area is 123 Å². The van der Waals surface area contributed by atoms with E-state index >= 15 is 0 Å². The molecular weight excluding hydrogens is 260 g/mol. The fraction of sp³-hybridized carbons (Fsp3) is 0.0588. The first-order valence-electron chi connectivity index (χ1n) is 6.74. The third kappa shape index (κ3) is 3.00. The average molecular weight is 276 g/mol. The molecule has 1 heterocycles. The SMILES string of the molecule is Cc1ccc(/C=N/n2cc(-c3ccccc3)nc2N)cc1.